The average Bonchev–Trinajstić information content (AvgIpc) is 3.48. The summed E-state index contributed by atoms with van der Waals surface area (Å²) in [7, 11) is 0. The van der Waals surface area contributed by atoms with E-state index < -0.39 is 52.5 Å². The summed E-state index contributed by atoms with van der Waals surface area (Å²) in [6.45, 7) is 12.1. The number of carbonyl (C=O) groups excluding carboxylic acids is 2. The van der Waals surface area contributed by atoms with E-state index in [-0.39, 0.29) is 36.4 Å². The third kappa shape index (κ3) is 11.0. The van der Waals surface area contributed by atoms with E-state index in [0.29, 0.717) is 73.6 Å². The van der Waals surface area contributed by atoms with Crippen molar-refractivity contribution in [2.24, 2.45) is 11.1 Å². The zero-order chi connectivity index (χ0) is 39.5. The Labute approximate surface area is 301 Å². The predicted octanol–water partition coefficient (Wildman–Crippen LogP) is 9.63. The fourth-order valence-corrected chi connectivity index (χ4v) is 6.01. The minimum atomic E-state index is -4.64. The lowest BCUT2D eigenvalue weighted by molar-refractivity contribution is -0.138. The van der Waals surface area contributed by atoms with Crippen LogP contribution in [-0.4, -0.2) is 75.4 Å². The summed E-state index contributed by atoms with van der Waals surface area (Å²) in [5.74, 6) is -1.43. The van der Waals surface area contributed by atoms with Crippen LogP contribution in [0.15, 0.2) is 46.1 Å². The molecule has 0 saturated carbocycles. The Hall–Kier alpha value is -4.57. The molecular formula is C36H43F7N4O6. The molecule has 3 aromatic rings. The van der Waals surface area contributed by atoms with Gasteiger partial charge in [-0.2, -0.15) is 26.3 Å². The van der Waals surface area contributed by atoms with Crippen LogP contribution in [-0.2, 0) is 21.8 Å². The first kappa shape index (κ1) is 41.2. The molecule has 2 aromatic carbocycles. The normalized spacial score (nSPS) is 17.0. The minimum Gasteiger partial charge on any atom is -0.444 e. The van der Waals surface area contributed by atoms with Crippen molar-refractivity contribution in [3.8, 4) is 0 Å². The standard InChI is InChI=1S/C18H22F4N2O3.C18H21F3N2O3/c1-17(2,3)27-16(25)24-8-6-11(7-9-24)15(23-26)13-10-12(18(20,21)22)4-5-14(13)19;1-17(2,3)25-16(24)23-8-6-11(7-9-23)15-13-10-12(18(19,20)21)4-5-14(13)26-22-15/h4-5,10-11,26H,6-9H2,1-3H3;4-5,10-11H,6-9H2,1-3H3/b23-15+;. The molecule has 3 heterocycles. The number of ether oxygens (including phenoxy) is 2. The molecule has 2 fully saturated rings. The highest BCUT2D eigenvalue weighted by Gasteiger charge is 2.36. The number of fused-ring (bicyclic) bond motifs is 1. The van der Waals surface area contributed by atoms with E-state index in [2.05, 4.69) is 10.3 Å². The van der Waals surface area contributed by atoms with Crippen LogP contribution in [0.4, 0.5) is 40.3 Å². The average molecular weight is 761 g/mol. The molecule has 2 amide bonds. The van der Waals surface area contributed by atoms with Crippen LogP contribution in [0.3, 0.4) is 0 Å². The Kier molecular flexibility index (Phi) is 12.3. The number of amides is 2. The number of alkyl halides is 6. The number of aromatic nitrogens is 1. The molecule has 0 radical (unpaired) electrons. The fourth-order valence-electron chi connectivity index (χ4n) is 6.01. The van der Waals surface area contributed by atoms with Crippen molar-refractivity contribution in [2.75, 3.05) is 26.2 Å². The van der Waals surface area contributed by atoms with Gasteiger partial charge in [0.25, 0.3) is 0 Å². The Morgan fingerprint density at radius 3 is 1.72 bits per heavy atom. The number of oxime groups is 1. The van der Waals surface area contributed by atoms with Crippen LogP contribution < -0.4 is 0 Å². The number of carbonyl (C=O) groups is 2. The van der Waals surface area contributed by atoms with Crippen LogP contribution >= 0.6 is 0 Å². The summed E-state index contributed by atoms with van der Waals surface area (Å²) in [5, 5.41) is 16.8. The van der Waals surface area contributed by atoms with Crippen molar-refractivity contribution in [3.05, 3.63) is 64.6 Å². The van der Waals surface area contributed by atoms with Gasteiger partial charge in [0.1, 0.15) is 17.0 Å². The van der Waals surface area contributed by atoms with Gasteiger partial charge in [0.2, 0.25) is 0 Å². The van der Waals surface area contributed by atoms with Gasteiger partial charge >= 0.3 is 24.5 Å². The maximum absolute atomic E-state index is 14.1. The van der Waals surface area contributed by atoms with E-state index in [1.807, 2.05) is 0 Å². The number of nitrogens with zero attached hydrogens (tertiary/aromatic N) is 4. The number of hydrogen-bond donors (Lipinski definition) is 1. The Morgan fingerprint density at radius 2 is 1.25 bits per heavy atom. The monoisotopic (exact) mass is 760 g/mol. The van der Waals surface area contributed by atoms with E-state index in [4.69, 9.17) is 14.0 Å². The second-order valence-electron chi connectivity index (χ2n) is 14.9. The first-order valence-electron chi connectivity index (χ1n) is 17.0. The van der Waals surface area contributed by atoms with Crippen LogP contribution in [0.25, 0.3) is 11.0 Å². The van der Waals surface area contributed by atoms with Crippen LogP contribution in [0, 0.1) is 11.7 Å². The summed E-state index contributed by atoms with van der Waals surface area (Å²) in [6.07, 6.45) is -8.10. The van der Waals surface area contributed by atoms with Crippen molar-refractivity contribution >= 4 is 28.9 Å². The summed E-state index contributed by atoms with van der Waals surface area (Å²) < 4.78 is 108. The highest BCUT2D eigenvalue weighted by Crippen LogP contribution is 2.37. The number of rotatable bonds is 3. The molecule has 1 aromatic heterocycles. The summed E-state index contributed by atoms with van der Waals surface area (Å²) in [6, 6.07) is 5.36. The van der Waals surface area contributed by atoms with E-state index in [0.717, 1.165) is 12.1 Å². The quantitative estimate of drug-likeness (QED) is 0.122. The van der Waals surface area contributed by atoms with Gasteiger partial charge in [-0.15, -0.1) is 0 Å². The Balaban J connectivity index is 0.000000237. The molecule has 292 valence electrons. The minimum absolute atomic E-state index is 0.0570. The van der Waals surface area contributed by atoms with E-state index in [1.165, 1.54) is 11.0 Å². The summed E-state index contributed by atoms with van der Waals surface area (Å²) in [4.78, 5) is 27.3. The Bertz CT molecular complexity index is 1780. The SMILES string of the molecule is CC(C)(C)OC(=O)N1CCC(/C(=N\O)c2cc(C(F)(F)F)ccc2F)CC1.CC(C)(C)OC(=O)N1CCC(c2noc3ccc(C(F)(F)F)cc23)CC1. The molecule has 2 aliphatic rings. The first-order valence-corrected chi connectivity index (χ1v) is 17.0. The molecular weight excluding hydrogens is 717 g/mol. The van der Waals surface area contributed by atoms with Crippen LogP contribution in [0.2, 0.25) is 0 Å². The molecule has 0 spiro atoms. The number of hydrogen-bond acceptors (Lipinski definition) is 8. The summed E-state index contributed by atoms with van der Waals surface area (Å²) >= 11 is 0. The number of halogens is 7. The van der Waals surface area contributed by atoms with Crippen molar-refractivity contribution in [1.29, 1.82) is 0 Å². The summed E-state index contributed by atoms with van der Waals surface area (Å²) in [5.41, 5.74) is -2.63. The smallest absolute Gasteiger partial charge is 0.416 e. The van der Waals surface area contributed by atoms with Gasteiger partial charge in [0.15, 0.2) is 5.58 Å². The van der Waals surface area contributed by atoms with Crippen molar-refractivity contribution in [1.82, 2.24) is 15.0 Å². The molecule has 2 aliphatic heterocycles. The molecule has 2 saturated heterocycles. The van der Waals surface area contributed by atoms with Crippen molar-refractivity contribution in [3.63, 3.8) is 0 Å². The van der Waals surface area contributed by atoms with E-state index in [9.17, 15) is 45.5 Å². The molecule has 0 bridgehead atoms. The lowest BCUT2D eigenvalue weighted by Crippen LogP contribution is -2.43. The third-order valence-corrected chi connectivity index (χ3v) is 8.57. The fraction of sp³-hybridized carbons (Fsp3) is 0.556. The zero-order valence-electron chi connectivity index (χ0n) is 30.2. The second-order valence-corrected chi connectivity index (χ2v) is 14.9. The predicted molar refractivity (Wildman–Crippen MR) is 179 cm³/mol. The maximum atomic E-state index is 14.1. The van der Waals surface area contributed by atoms with Gasteiger partial charge in [-0.3, -0.25) is 0 Å². The molecule has 53 heavy (non-hydrogen) atoms. The molecule has 0 unspecified atom stereocenters. The van der Waals surface area contributed by atoms with Crippen LogP contribution in [0.5, 0.6) is 0 Å². The van der Waals surface area contributed by atoms with Gasteiger partial charge in [-0.25, -0.2) is 14.0 Å². The maximum Gasteiger partial charge on any atom is 0.416 e. The second kappa shape index (κ2) is 15.8. The highest BCUT2D eigenvalue weighted by atomic mass is 19.4. The first-order chi connectivity index (χ1) is 24.5. The van der Waals surface area contributed by atoms with Gasteiger partial charge in [-0.1, -0.05) is 10.3 Å². The number of benzene rings is 2. The van der Waals surface area contributed by atoms with Crippen molar-refractivity contribution in [2.45, 2.75) is 96.7 Å². The zero-order valence-corrected chi connectivity index (χ0v) is 30.2. The largest absolute Gasteiger partial charge is 0.444 e. The highest BCUT2D eigenvalue weighted by molar-refractivity contribution is 6.02. The van der Waals surface area contributed by atoms with Crippen LogP contribution in [0.1, 0.15) is 95.5 Å². The Morgan fingerprint density at radius 1 is 0.774 bits per heavy atom. The van der Waals surface area contributed by atoms with Gasteiger partial charge < -0.3 is 29.0 Å². The molecule has 0 aliphatic carbocycles. The molecule has 5 rings (SSSR count). The molecule has 1 N–H and O–H groups in total. The van der Waals surface area contributed by atoms with Gasteiger partial charge in [-0.05, 0) is 104 Å². The molecule has 0 atom stereocenters. The van der Waals surface area contributed by atoms with Gasteiger partial charge in [0, 0.05) is 49.0 Å². The lowest BCUT2D eigenvalue weighted by Gasteiger charge is -2.33. The molecule has 10 nitrogen and oxygen atoms in total. The van der Waals surface area contributed by atoms with Crippen molar-refractivity contribution < 1.29 is 59.5 Å². The third-order valence-electron chi connectivity index (χ3n) is 8.57. The van der Waals surface area contributed by atoms with E-state index >= 15 is 0 Å². The molecule has 17 heteroatoms. The van der Waals surface area contributed by atoms with E-state index in [1.54, 1.807) is 46.4 Å². The number of piperidine rings is 2. The van der Waals surface area contributed by atoms with Gasteiger partial charge in [0.05, 0.1) is 22.5 Å². The lowest BCUT2D eigenvalue weighted by atomic mass is 9.87. The topological polar surface area (TPSA) is 118 Å². The number of likely N-dealkylation sites (tertiary alicyclic amines) is 2.